The average molecular weight is 419 g/mol. The van der Waals surface area contributed by atoms with Gasteiger partial charge < -0.3 is 0 Å². The Hall–Kier alpha value is -2.59. The number of benzene rings is 1. The molecule has 0 atom stereocenters. The van der Waals surface area contributed by atoms with Gasteiger partial charge in [-0.2, -0.15) is 0 Å². The molecule has 3 rings (SSSR count). The van der Waals surface area contributed by atoms with Gasteiger partial charge >= 0.3 is 5.69 Å². The highest BCUT2D eigenvalue weighted by molar-refractivity contribution is 9.10. The molecule has 0 amide bonds. The molecule has 0 N–H and O–H groups in total. The van der Waals surface area contributed by atoms with Crippen LogP contribution in [0.25, 0.3) is 11.4 Å². The molecule has 25 heavy (non-hydrogen) atoms. The van der Waals surface area contributed by atoms with Crippen LogP contribution in [0.15, 0.2) is 64.1 Å². The zero-order chi connectivity index (χ0) is 17.8. The van der Waals surface area contributed by atoms with Crippen molar-refractivity contribution in [3.05, 3.63) is 63.9 Å². The molecule has 3 aromatic rings. The summed E-state index contributed by atoms with van der Waals surface area (Å²) in [5.41, 5.74) is 0.751. The van der Waals surface area contributed by atoms with Gasteiger partial charge in [0.2, 0.25) is 0 Å². The van der Waals surface area contributed by atoms with Gasteiger partial charge in [-0.15, -0.1) is 16.8 Å². The first-order chi connectivity index (χ1) is 12.1. The van der Waals surface area contributed by atoms with Crippen molar-refractivity contribution in [2.75, 3.05) is 0 Å². The first-order valence-electron chi connectivity index (χ1n) is 7.03. The molecule has 0 saturated carbocycles. The third-order valence-corrected chi connectivity index (χ3v) is 4.55. The van der Waals surface area contributed by atoms with Gasteiger partial charge in [-0.1, -0.05) is 34.1 Å². The van der Waals surface area contributed by atoms with E-state index >= 15 is 0 Å². The molecular weight excluding hydrogens is 408 g/mol. The summed E-state index contributed by atoms with van der Waals surface area (Å²) in [7, 11) is 0. The summed E-state index contributed by atoms with van der Waals surface area (Å²) in [5, 5.41) is 20.0. The van der Waals surface area contributed by atoms with Gasteiger partial charge in [-0.05, 0) is 23.9 Å². The monoisotopic (exact) mass is 418 g/mol. The van der Waals surface area contributed by atoms with Crippen LogP contribution in [0.5, 0.6) is 0 Å². The van der Waals surface area contributed by atoms with E-state index in [-0.39, 0.29) is 5.69 Å². The molecule has 0 aliphatic heterocycles. The third kappa shape index (κ3) is 3.91. The molecule has 0 radical (unpaired) electrons. The van der Waals surface area contributed by atoms with E-state index in [0.717, 1.165) is 10.0 Å². The minimum absolute atomic E-state index is 0.160. The lowest BCUT2D eigenvalue weighted by Gasteiger charge is -2.07. The Morgan fingerprint density at radius 1 is 1.24 bits per heavy atom. The number of allylic oxidation sites excluding steroid dienone is 1. The van der Waals surface area contributed by atoms with E-state index < -0.39 is 4.92 Å². The van der Waals surface area contributed by atoms with Crippen molar-refractivity contribution in [3.8, 4) is 11.4 Å². The lowest BCUT2D eigenvalue weighted by Crippen LogP contribution is -2.01. The molecule has 126 valence electrons. The van der Waals surface area contributed by atoms with Crippen LogP contribution < -0.4 is 0 Å². The zero-order valence-electron chi connectivity index (χ0n) is 12.7. The number of nitrogens with zero attached hydrogens (tertiary/aromatic N) is 6. The second-order valence-electron chi connectivity index (χ2n) is 4.80. The highest BCUT2D eigenvalue weighted by atomic mass is 79.9. The molecule has 10 heteroatoms. The van der Waals surface area contributed by atoms with Crippen LogP contribution >= 0.6 is 27.7 Å². The molecule has 0 aliphatic rings. The number of aromatic nitrogens is 5. The minimum Gasteiger partial charge on any atom is -0.298 e. The predicted molar refractivity (Wildman–Crippen MR) is 96.2 cm³/mol. The van der Waals surface area contributed by atoms with E-state index in [1.165, 1.54) is 24.2 Å². The summed E-state index contributed by atoms with van der Waals surface area (Å²) in [6.45, 7) is 4.27. The maximum absolute atomic E-state index is 10.7. The van der Waals surface area contributed by atoms with Crippen molar-refractivity contribution >= 4 is 33.4 Å². The Balaban J connectivity index is 1.92. The maximum Gasteiger partial charge on any atom is 0.305 e. The molecule has 2 heterocycles. The van der Waals surface area contributed by atoms with E-state index in [1.54, 1.807) is 6.08 Å². The molecular formula is C15H11BrN6O2S. The van der Waals surface area contributed by atoms with Gasteiger partial charge in [-0.25, -0.2) is 9.97 Å². The van der Waals surface area contributed by atoms with Crippen molar-refractivity contribution in [2.45, 2.75) is 16.9 Å². The Morgan fingerprint density at radius 3 is 2.52 bits per heavy atom. The predicted octanol–water partition coefficient (Wildman–Crippen LogP) is 3.74. The van der Waals surface area contributed by atoms with Gasteiger partial charge in [0.25, 0.3) is 0 Å². The van der Waals surface area contributed by atoms with Crippen LogP contribution in [0.3, 0.4) is 0 Å². The van der Waals surface area contributed by atoms with E-state index in [0.29, 0.717) is 22.7 Å². The van der Waals surface area contributed by atoms with Crippen molar-refractivity contribution in [3.63, 3.8) is 0 Å². The Kier molecular flexibility index (Phi) is 5.19. The van der Waals surface area contributed by atoms with Crippen LogP contribution in [-0.2, 0) is 6.54 Å². The number of halogens is 1. The smallest absolute Gasteiger partial charge is 0.298 e. The zero-order valence-corrected chi connectivity index (χ0v) is 15.1. The quantitative estimate of drug-likeness (QED) is 0.260. The summed E-state index contributed by atoms with van der Waals surface area (Å²) in [5.74, 6) is 0.691. The van der Waals surface area contributed by atoms with E-state index in [4.69, 9.17) is 0 Å². The number of nitro groups is 1. The van der Waals surface area contributed by atoms with Crippen molar-refractivity contribution in [1.82, 2.24) is 24.7 Å². The van der Waals surface area contributed by atoms with Gasteiger partial charge in [0, 0.05) is 16.6 Å². The van der Waals surface area contributed by atoms with Crippen LogP contribution in [-0.4, -0.2) is 29.7 Å². The SMILES string of the molecule is C=CCn1c(Sc2ncc([N+](=O)[O-])cn2)nnc1-c1ccc(Br)cc1. The van der Waals surface area contributed by atoms with Crippen LogP contribution in [0, 0.1) is 10.1 Å². The number of hydrogen-bond acceptors (Lipinski definition) is 7. The van der Waals surface area contributed by atoms with Crippen LogP contribution in [0.1, 0.15) is 0 Å². The standard InChI is InChI=1S/C15H11BrN6O2S/c1-2-7-21-13(10-3-5-11(16)6-4-10)19-20-15(21)25-14-17-8-12(9-18-14)22(23)24/h2-6,8-9H,1,7H2. The molecule has 0 spiro atoms. The molecule has 0 fully saturated rings. The summed E-state index contributed by atoms with van der Waals surface area (Å²) < 4.78 is 2.85. The Morgan fingerprint density at radius 2 is 1.92 bits per heavy atom. The molecule has 0 bridgehead atoms. The number of rotatable bonds is 6. The molecule has 0 saturated heterocycles. The van der Waals surface area contributed by atoms with Gasteiger partial charge in [0.1, 0.15) is 12.4 Å². The fourth-order valence-electron chi connectivity index (χ4n) is 2.01. The highest BCUT2D eigenvalue weighted by Crippen LogP contribution is 2.28. The van der Waals surface area contributed by atoms with E-state index in [2.05, 4.69) is 42.7 Å². The summed E-state index contributed by atoms with van der Waals surface area (Å²) >= 11 is 4.59. The van der Waals surface area contributed by atoms with Crippen LogP contribution in [0.2, 0.25) is 0 Å². The van der Waals surface area contributed by atoms with E-state index in [1.807, 2.05) is 28.8 Å². The lowest BCUT2D eigenvalue weighted by atomic mass is 10.2. The second-order valence-corrected chi connectivity index (χ2v) is 6.65. The van der Waals surface area contributed by atoms with Gasteiger partial charge in [0.05, 0.1) is 4.92 Å². The fraction of sp³-hybridized carbons (Fsp3) is 0.0667. The van der Waals surface area contributed by atoms with Crippen molar-refractivity contribution in [2.24, 2.45) is 0 Å². The average Bonchev–Trinajstić information content (AvgIpc) is 2.99. The molecule has 0 unspecified atom stereocenters. The maximum atomic E-state index is 10.7. The molecule has 1 aromatic carbocycles. The third-order valence-electron chi connectivity index (χ3n) is 3.14. The van der Waals surface area contributed by atoms with Crippen molar-refractivity contribution < 1.29 is 4.92 Å². The topological polar surface area (TPSA) is 99.6 Å². The van der Waals surface area contributed by atoms with Crippen molar-refractivity contribution in [1.29, 1.82) is 0 Å². The number of hydrogen-bond donors (Lipinski definition) is 0. The summed E-state index contributed by atoms with van der Waals surface area (Å²) in [4.78, 5) is 18.1. The second kappa shape index (κ2) is 7.53. The largest absolute Gasteiger partial charge is 0.305 e. The Bertz CT molecular complexity index is 911. The lowest BCUT2D eigenvalue weighted by molar-refractivity contribution is -0.385. The summed E-state index contributed by atoms with van der Waals surface area (Å²) in [6.07, 6.45) is 4.07. The first-order valence-corrected chi connectivity index (χ1v) is 8.63. The van der Waals surface area contributed by atoms with E-state index in [9.17, 15) is 10.1 Å². The normalized spacial score (nSPS) is 10.6. The first kappa shape index (κ1) is 17.2. The van der Waals surface area contributed by atoms with Crippen LogP contribution in [0.4, 0.5) is 5.69 Å². The Labute approximate surface area is 155 Å². The highest BCUT2D eigenvalue weighted by Gasteiger charge is 2.16. The van der Waals surface area contributed by atoms with Gasteiger partial charge in [-0.3, -0.25) is 14.7 Å². The molecule has 0 aliphatic carbocycles. The minimum atomic E-state index is -0.541. The summed E-state index contributed by atoms with van der Waals surface area (Å²) in [6, 6.07) is 7.72. The molecule has 8 nitrogen and oxygen atoms in total. The van der Waals surface area contributed by atoms with Gasteiger partial charge in [0.15, 0.2) is 16.1 Å². The molecule has 2 aromatic heterocycles. The fourth-order valence-corrected chi connectivity index (χ4v) is 3.00.